The van der Waals surface area contributed by atoms with E-state index in [0.717, 1.165) is 29.9 Å². The molecule has 2 rings (SSSR count). The Morgan fingerprint density at radius 3 is 2.60 bits per heavy atom. The van der Waals surface area contributed by atoms with E-state index in [-0.39, 0.29) is 6.10 Å². The summed E-state index contributed by atoms with van der Waals surface area (Å²) in [5, 5.41) is 10.6. The van der Waals surface area contributed by atoms with Crippen LogP contribution in [0.25, 0.3) is 0 Å². The van der Waals surface area contributed by atoms with Crippen LogP contribution in [0.4, 0.5) is 0 Å². The number of thioether (sulfide) groups is 1. The van der Waals surface area contributed by atoms with Gasteiger partial charge in [0.2, 0.25) is 0 Å². The molecule has 2 fully saturated rings. The molecule has 0 aromatic heterocycles. The van der Waals surface area contributed by atoms with E-state index in [0.29, 0.717) is 5.25 Å². The minimum Gasteiger partial charge on any atom is -0.392 e. The van der Waals surface area contributed by atoms with E-state index in [9.17, 15) is 5.11 Å². The molecule has 15 heavy (non-hydrogen) atoms. The SMILES string of the molecule is CC(C)SCC(O)CC1CC2CCC1C2. The average Bonchev–Trinajstić information content (AvgIpc) is 2.76. The molecule has 0 saturated heterocycles. The zero-order chi connectivity index (χ0) is 10.8. The van der Waals surface area contributed by atoms with Crippen molar-refractivity contribution in [2.75, 3.05) is 5.75 Å². The summed E-state index contributed by atoms with van der Waals surface area (Å²) in [6.07, 6.45) is 6.81. The molecule has 4 unspecified atom stereocenters. The summed E-state index contributed by atoms with van der Waals surface area (Å²) in [7, 11) is 0. The van der Waals surface area contributed by atoms with Gasteiger partial charge in [-0.2, -0.15) is 11.8 Å². The van der Waals surface area contributed by atoms with E-state index < -0.39 is 0 Å². The van der Waals surface area contributed by atoms with Gasteiger partial charge < -0.3 is 5.11 Å². The Morgan fingerprint density at radius 1 is 1.27 bits per heavy atom. The molecule has 2 aliphatic carbocycles. The van der Waals surface area contributed by atoms with Gasteiger partial charge in [0.1, 0.15) is 0 Å². The maximum absolute atomic E-state index is 9.97. The zero-order valence-electron chi connectivity index (χ0n) is 9.98. The van der Waals surface area contributed by atoms with Crippen LogP contribution in [0.1, 0.15) is 46.0 Å². The fraction of sp³-hybridized carbons (Fsp3) is 1.00. The van der Waals surface area contributed by atoms with Crippen molar-refractivity contribution in [3.63, 3.8) is 0 Å². The molecule has 0 aromatic carbocycles. The smallest absolute Gasteiger partial charge is 0.0633 e. The van der Waals surface area contributed by atoms with Gasteiger partial charge in [-0.1, -0.05) is 20.3 Å². The van der Waals surface area contributed by atoms with Crippen molar-refractivity contribution in [1.82, 2.24) is 0 Å². The molecular formula is C13H24OS. The van der Waals surface area contributed by atoms with Crippen molar-refractivity contribution in [2.45, 2.75) is 57.3 Å². The summed E-state index contributed by atoms with van der Waals surface area (Å²) in [6, 6.07) is 0. The van der Waals surface area contributed by atoms with Gasteiger partial charge in [-0.3, -0.25) is 0 Å². The largest absolute Gasteiger partial charge is 0.392 e. The average molecular weight is 228 g/mol. The number of aliphatic hydroxyl groups excluding tert-OH is 1. The lowest BCUT2D eigenvalue weighted by Crippen LogP contribution is -2.20. The topological polar surface area (TPSA) is 20.2 Å². The first-order valence-electron chi connectivity index (χ1n) is 6.44. The van der Waals surface area contributed by atoms with Crippen LogP contribution in [0.3, 0.4) is 0 Å². The molecule has 0 aromatic rings. The first-order chi connectivity index (χ1) is 7.15. The predicted octanol–water partition coefficient (Wildman–Crippen LogP) is 3.32. The van der Waals surface area contributed by atoms with Gasteiger partial charge in [0.15, 0.2) is 0 Å². The number of fused-ring (bicyclic) bond motifs is 2. The second kappa shape index (κ2) is 5.09. The number of hydrogen-bond acceptors (Lipinski definition) is 2. The molecule has 1 nitrogen and oxygen atoms in total. The second-order valence-corrected chi connectivity index (χ2v) is 7.32. The molecule has 4 atom stereocenters. The van der Waals surface area contributed by atoms with Crippen LogP contribution in [0.2, 0.25) is 0 Å². The van der Waals surface area contributed by atoms with Gasteiger partial charge in [-0.25, -0.2) is 0 Å². The summed E-state index contributed by atoms with van der Waals surface area (Å²) in [4.78, 5) is 0. The van der Waals surface area contributed by atoms with Crippen LogP contribution in [0, 0.1) is 17.8 Å². The lowest BCUT2D eigenvalue weighted by atomic mass is 9.85. The summed E-state index contributed by atoms with van der Waals surface area (Å²) in [5.41, 5.74) is 0. The highest BCUT2D eigenvalue weighted by Crippen LogP contribution is 2.49. The Bertz CT molecular complexity index is 205. The molecular weight excluding hydrogens is 204 g/mol. The zero-order valence-corrected chi connectivity index (χ0v) is 10.8. The van der Waals surface area contributed by atoms with Crippen LogP contribution < -0.4 is 0 Å². The maximum Gasteiger partial charge on any atom is 0.0633 e. The Labute approximate surface area is 98.0 Å². The van der Waals surface area contributed by atoms with E-state index in [1.165, 1.54) is 25.7 Å². The number of rotatable bonds is 5. The molecule has 2 heteroatoms. The van der Waals surface area contributed by atoms with Crippen LogP contribution >= 0.6 is 11.8 Å². The van der Waals surface area contributed by atoms with Crippen LogP contribution in [-0.4, -0.2) is 22.2 Å². The minimum absolute atomic E-state index is 0.0539. The molecule has 2 aliphatic rings. The predicted molar refractivity (Wildman–Crippen MR) is 67.2 cm³/mol. The summed E-state index contributed by atoms with van der Waals surface area (Å²) in [5.74, 6) is 3.77. The van der Waals surface area contributed by atoms with Crippen LogP contribution in [0.15, 0.2) is 0 Å². The van der Waals surface area contributed by atoms with Gasteiger partial charge in [0.05, 0.1) is 6.10 Å². The van der Waals surface area contributed by atoms with E-state index >= 15 is 0 Å². The van der Waals surface area contributed by atoms with Gasteiger partial charge in [0.25, 0.3) is 0 Å². The highest BCUT2D eigenvalue weighted by Gasteiger charge is 2.39. The fourth-order valence-corrected chi connectivity index (χ4v) is 4.13. The quantitative estimate of drug-likeness (QED) is 0.779. The Hall–Kier alpha value is 0.310. The summed E-state index contributed by atoms with van der Waals surface area (Å²) in [6.45, 7) is 4.41. The Kier molecular flexibility index (Phi) is 4.00. The molecule has 0 amide bonds. The number of aliphatic hydroxyl groups is 1. The highest BCUT2D eigenvalue weighted by atomic mass is 32.2. The fourth-order valence-electron chi connectivity index (χ4n) is 3.39. The Morgan fingerprint density at radius 2 is 2.07 bits per heavy atom. The van der Waals surface area contributed by atoms with Crippen molar-refractivity contribution < 1.29 is 5.11 Å². The minimum atomic E-state index is -0.0539. The van der Waals surface area contributed by atoms with Crippen molar-refractivity contribution in [3.8, 4) is 0 Å². The first-order valence-corrected chi connectivity index (χ1v) is 7.49. The van der Waals surface area contributed by atoms with Crippen molar-refractivity contribution in [2.24, 2.45) is 17.8 Å². The third-order valence-corrected chi connectivity index (χ3v) is 5.33. The lowest BCUT2D eigenvalue weighted by Gasteiger charge is -2.24. The number of hydrogen-bond donors (Lipinski definition) is 1. The molecule has 0 spiro atoms. The van der Waals surface area contributed by atoms with Crippen molar-refractivity contribution >= 4 is 11.8 Å². The van der Waals surface area contributed by atoms with Gasteiger partial charge in [0, 0.05) is 5.75 Å². The second-order valence-electron chi connectivity index (χ2n) is 5.71. The molecule has 2 bridgehead atoms. The third-order valence-electron chi connectivity index (χ3n) is 4.08. The van der Waals surface area contributed by atoms with Crippen molar-refractivity contribution in [3.05, 3.63) is 0 Å². The molecule has 88 valence electrons. The summed E-state index contributed by atoms with van der Waals surface area (Å²) >= 11 is 1.89. The van der Waals surface area contributed by atoms with Crippen LogP contribution in [-0.2, 0) is 0 Å². The van der Waals surface area contributed by atoms with Crippen molar-refractivity contribution in [1.29, 1.82) is 0 Å². The molecule has 0 radical (unpaired) electrons. The molecule has 0 heterocycles. The molecule has 1 N–H and O–H groups in total. The monoisotopic (exact) mass is 228 g/mol. The van der Waals surface area contributed by atoms with Gasteiger partial charge >= 0.3 is 0 Å². The molecule has 2 saturated carbocycles. The molecule has 0 aliphatic heterocycles. The maximum atomic E-state index is 9.97. The van der Waals surface area contributed by atoms with Crippen LogP contribution in [0.5, 0.6) is 0 Å². The van der Waals surface area contributed by atoms with Gasteiger partial charge in [-0.05, 0) is 48.7 Å². The van der Waals surface area contributed by atoms with E-state index in [2.05, 4.69) is 13.8 Å². The standard InChI is InChI=1S/C13H24OS/c1-9(2)15-8-13(14)7-12-6-10-3-4-11(12)5-10/h9-14H,3-8H2,1-2H3. The van der Waals surface area contributed by atoms with E-state index in [4.69, 9.17) is 0 Å². The first kappa shape index (κ1) is 11.8. The highest BCUT2D eigenvalue weighted by molar-refractivity contribution is 7.99. The third kappa shape index (κ3) is 3.13. The summed E-state index contributed by atoms with van der Waals surface area (Å²) < 4.78 is 0. The van der Waals surface area contributed by atoms with Gasteiger partial charge in [-0.15, -0.1) is 0 Å². The normalized spacial score (nSPS) is 36.4. The van der Waals surface area contributed by atoms with E-state index in [1.807, 2.05) is 11.8 Å². The Balaban J connectivity index is 1.68. The lowest BCUT2D eigenvalue weighted by molar-refractivity contribution is 0.144. The van der Waals surface area contributed by atoms with E-state index in [1.54, 1.807) is 0 Å².